The van der Waals surface area contributed by atoms with Crippen molar-refractivity contribution < 1.29 is 13.2 Å². The first-order chi connectivity index (χ1) is 15.7. The number of hydrogen-bond acceptors (Lipinski definition) is 4. The van der Waals surface area contributed by atoms with Crippen LogP contribution in [-0.2, 0) is 20.9 Å². The highest BCUT2D eigenvalue weighted by Crippen LogP contribution is 2.33. The van der Waals surface area contributed by atoms with Crippen molar-refractivity contribution in [3.63, 3.8) is 0 Å². The van der Waals surface area contributed by atoms with Crippen molar-refractivity contribution in [2.45, 2.75) is 57.3 Å². The van der Waals surface area contributed by atoms with E-state index in [9.17, 15) is 13.2 Å². The van der Waals surface area contributed by atoms with Gasteiger partial charge in [0.05, 0.1) is 16.1 Å². The largest absolute Gasteiger partial charge is 0.351 e. The Morgan fingerprint density at radius 3 is 1.88 bits per heavy atom. The standard InChI is InChI=1S/C27H35N3O3S/c1-26(2,3)20-15-21(27(4,5)6)17-22(16-20)34(32,33)30-24-14-19-10-8-7-9-18(19)13-23(24)25(31)29-12-11-28/h7-10,13-17,30H,11-12,28H2,1-6H3,(H,29,31). The lowest BCUT2D eigenvalue weighted by Crippen LogP contribution is -2.30. The molecule has 0 saturated carbocycles. The number of nitrogens with two attached hydrogens (primary N) is 1. The molecule has 7 heteroatoms. The Balaban J connectivity index is 2.15. The predicted molar refractivity (Wildman–Crippen MR) is 140 cm³/mol. The zero-order valence-electron chi connectivity index (χ0n) is 20.8. The fraction of sp³-hybridized carbons (Fsp3) is 0.370. The van der Waals surface area contributed by atoms with Gasteiger partial charge in [-0.2, -0.15) is 0 Å². The highest BCUT2D eigenvalue weighted by Gasteiger charge is 2.26. The van der Waals surface area contributed by atoms with Gasteiger partial charge in [-0.3, -0.25) is 9.52 Å². The van der Waals surface area contributed by atoms with Crippen molar-refractivity contribution in [3.8, 4) is 0 Å². The number of carbonyl (C=O) groups excluding carboxylic acids is 1. The normalized spacial score (nSPS) is 12.6. The Kier molecular flexibility index (Phi) is 7.10. The number of hydrogen-bond donors (Lipinski definition) is 3. The maximum atomic E-state index is 13.6. The number of carbonyl (C=O) groups is 1. The molecular formula is C27H35N3O3S. The third-order valence-corrected chi connectivity index (χ3v) is 7.10. The SMILES string of the molecule is CC(C)(C)c1cc(C(C)(C)C)cc(S(=O)(=O)Nc2cc3ccccc3cc2C(=O)NCCN)c1. The molecule has 34 heavy (non-hydrogen) atoms. The van der Waals surface area contributed by atoms with E-state index < -0.39 is 10.0 Å². The molecule has 0 saturated heterocycles. The second-order valence-corrected chi connectivity index (χ2v) is 12.3. The molecule has 1 amide bonds. The molecule has 0 fully saturated rings. The van der Waals surface area contributed by atoms with Gasteiger partial charge in [-0.05, 0) is 57.0 Å². The molecule has 0 unspecified atom stereocenters. The van der Waals surface area contributed by atoms with Gasteiger partial charge in [-0.1, -0.05) is 71.9 Å². The van der Waals surface area contributed by atoms with Crippen LogP contribution in [0.1, 0.15) is 63.0 Å². The molecule has 0 bridgehead atoms. The van der Waals surface area contributed by atoms with Crippen LogP contribution in [0.15, 0.2) is 59.5 Å². The van der Waals surface area contributed by atoms with Gasteiger partial charge in [0.2, 0.25) is 0 Å². The Bertz CT molecular complexity index is 1280. The lowest BCUT2D eigenvalue weighted by Gasteiger charge is -2.26. The second-order valence-electron chi connectivity index (χ2n) is 10.6. The Morgan fingerprint density at radius 2 is 1.38 bits per heavy atom. The van der Waals surface area contributed by atoms with Crippen LogP contribution in [0.25, 0.3) is 10.8 Å². The van der Waals surface area contributed by atoms with Gasteiger partial charge in [0.25, 0.3) is 15.9 Å². The van der Waals surface area contributed by atoms with Crippen molar-refractivity contribution in [2.75, 3.05) is 17.8 Å². The molecule has 0 aliphatic carbocycles. The Labute approximate surface area is 203 Å². The number of fused-ring (bicyclic) bond motifs is 1. The molecule has 0 atom stereocenters. The molecular weight excluding hydrogens is 446 g/mol. The summed E-state index contributed by atoms with van der Waals surface area (Å²) in [6.07, 6.45) is 0. The number of anilines is 1. The van der Waals surface area contributed by atoms with Crippen LogP contribution in [0.2, 0.25) is 0 Å². The maximum absolute atomic E-state index is 13.6. The van der Waals surface area contributed by atoms with Crippen molar-refractivity contribution >= 4 is 32.4 Å². The maximum Gasteiger partial charge on any atom is 0.261 e. The molecule has 0 spiro atoms. The van der Waals surface area contributed by atoms with Crippen molar-refractivity contribution in [1.82, 2.24) is 5.32 Å². The van der Waals surface area contributed by atoms with Gasteiger partial charge < -0.3 is 11.1 Å². The van der Waals surface area contributed by atoms with E-state index in [2.05, 4.69) is 57.6 Å². The highest BCUT2D eigenvalue weighted by atomic mass is 32.2. The average Bonchev–Trinajstić information content (AvgIpc) is 2.75. The average molecular weight is 482 g/mol. The summed E-state index contributed by atoms with van der Waals surface area (Å²) >= 11 is 0. The zero-order chi connectivity index (χ0) is 25.3. The van der Waals surface area contributed by atoms with E-state index in [1.807, 2.05) is 24.3 Å². The van der Waals surface area contributed by atoms with Gasteiger partial charge in [-0.25, -0.2) is 8.42 Å². The van der Waals surface area contributed by atoms with Crippen LogP contribution in [0.4, 0.5) is 5.69 Å². The lowest BCUT2D eigenvalue weighted by molar-refractivity contribution is 0.0955. The van der Waals surface area contributed by atoms with E-state index in [0.717, 1.165) is 21.9 Å². The summed E-state index contributed by atoms with van der Waals surface area (Å²) in [5.74, 6) is -0.382. The summed E-state index contributed by atoms with van der Waals surface area (Å²) in [5.41, 5.74) is 7.40. The minimum Gasteiger partial charge on any atom is -0.351 e. The Hall–Kier alpha value is -2.90. The first-order valence-corrected chi connectivity index (χ1v) is 12.9. The van der Waals surface area contributed by atoms with Gasteiger partial charge in [0.1, 0.15) is 0 Å². The first kappa shape index (κ1) is 25.7. The molecule has 4 N–H and O–H groups in total. The van der Waals surface area contributed by atoms with Gasteiger partial charge >= 0.3 is 0 Å². The van der Waals surface area contributed by atoms with Crippen molar-refractivity contribution in [1.29, 1.82) is 0 Å². The third kappa shape index (κ3) is 5.77. The minimum atomic E-state index is -3.98. The zero-order valence-corrected chi connectivity index (χ0v) is 21.6. The van der Waals surface area contributed by atoms with E-state index in [0.29, 0.717) is 6.54 Å². The van der Waals surface area contributed by atoms with E-state index in [1.54, 1.807) is 24.3 Å². The molecule has 0 heterocycles. The monoisotopic (exact) mass is 481 g/mol. The smallest absolute Gasteiger partial charge is 0.261 e. The van der Waals surface area contributed by atoms with Crippen LogP contribution >= 0.6 is 0 Å². The predicted octanol–water partition coefficient (Wildman–Crippen LogP) is 4.92. The van der Waals surface area contributed by atoms with E-state index >= 15 is 0 Å². The van der Waals surface area contributed by atoms with E-state index in [-0.39, 0.29) is 39.4 Å². The van der Waals surface area contributed by atoms with Crippen LogP contribution in [0.3, 0.4) is 0 Å². The third-order valence-electron chi connectivity index (χ3n) is 5.75. The fourth-order valence-corrected chi connectivity index (χ4v) is 4.76. The summed E-state index contributed by atoms with van der Waals surface area (Å²) < 4.78 is 29.9. The molecule has 0 aliphatic heterocycles. The fourth-order valence-electron chi connectivity index (χ4n) is 3.62. The Morgan fingerprint density at radius 1 is 0.853 bits per heavy atom. The molecule has 3 rings (SSSR count). The topological polar surface area (TPSA) is 101 Å². The second kappa shape index (κ2) is 9.39. The number of nitrogens with one attached hydrogen (secondary N) is 2. The van der Waals surface area contributed by atoms with Crippen LogP contribution < -0.4 is 15.8 Å². The van der Waals surface area contributed by atoms with Gasteiger partial charge in [0.15, 0.2) is 0 Å². The van der Waals surface area contributed by atoms with E-state index in [1.165, 1.54) is 0 Å². The number of sulfonamides is 1. The summed E-state index contributed by atoms with van der Waals surface area (Å²) in [5, 5.41) is 4.41. The molecule has 6 nitrogen and oxygen atoms in total. The van der Waals surface area contributed by atoms with Crippen molar-refractivity contribution in [3.05, 3.63) is 71.3 Å². The summed E-state index contributed by atoms with van der Waals surface area (Å²) in [4.78, 5) is 13.0. The molecule has 0 aliphatic rings. The van der Waals surface area contributed by atoms with Crippen LogP contribution in [0, 0.1) is 0 Å². The number of amides is 1. The van der Waals surface area contributed by atoms with Crippen LogP contribution in [0.5, 0.6) is 0 Å². The molecule has 3 aromatic carbocycles. The summed E-state index contributed by atoms with van der Waals surface area (Å²) in [7, 11) is -3.98. The minimum absolute atomic E-state index is 0.173. The van der Waals surface area contributed by atoms with Gasteiger partial charge in [-0.15, -0.1) is 0 Å². The van der Waals surface area contributed by atoms with Gasteiger partial charge in [0, 0.05) is 13.1 Å². The first-order valence-electron chi connectivity index (χ1n) is 11.4. The number of benzene rings is 3. The molecule has 182 valence electrons. The molecule has 0 radical (unpaired) electrons. The number of rotatable bonds is 6. The van der Waals surface area contributed by atoms with Crippen molar-refractivity contribution in [2.24, 2.45) is 5.73 Å². The highest BCUT2D eigenvalue weighted by molar-refractivity contribution is 7.92. The van der Waals surface area contributed by atoms with Crippen LogP contribution in [-0.4, -0.2) is 27.4 Å². The molecule has 0 aromatic heterocycles. The molecule has 3 aromatic rings. The summed E-state index contributed by atoms with van der Waals surface area (Å²) in [6.45, 7) is 12.9. The lowest BCUT2D eigenvalue weighted by atomic mass is 9.81. The quantitative estimate of drug-likeness (QED) is 0.465. The summed E-state index contributed by atoms with van der Waals surface area (Å²) in [6, 6.07) is 16.4. The van der Waals surface area contributed by atoms with E-state index in [4.69, 9.17) is 5.73 Å².